The number of carbonyl (C=O) groups excluding carboxylic acids is 4. The molecule has 6 aliphatic heterocycles. The summed E-state index contributed by atoms with van der Waals surface area (Å²) in [5.74, 6) is -7.85. The summed E-state index contributed by atoms with van der Waals surface area (Å²) < 4.78 is 22.9. The van der Waals surface area contributed by atoms with E-state index in [0.29, 0.717) is 0 Å². The largest absolute Gasteiger partial charge is 0.505 e. The molecule has 1 amide bonds. The van der Waals surface area contributed by atoms with Crippen molar-refractivity contribution in [2.45, 2.75) is 97.9 Å². The lowest BCUT2D eigenvalue weighted by Gasteiger charge is -2.45. The van der Waals surface area contributed by atoms with Crippen LogP contribution in [-0.2, 0) is 28.6 Å². The molecule has 1 aliphatic carbocycles. The zero-order valence-electron chi connectivity index (χ0n) is 31.5. The third-order valence-electron chi connectivity index (χ3n) is 10.7. The number of benzene rings is 1. The van der Waals surface area contributed by atoms with E-state index in [-0.39, 0.29) is 61.9 Å². The molecule has 1 fully saturated rings. The number of ether oxygens (including phenoxy) is 4. The van der Waals surface area contributed by atoms with Gasteiger partial charge in [0.1, 0.15) is 40.5 Å². The lowest BCUT2D eigenvalue weighted by atomic mass is 9.73. The zero-order valence-corrected chi connectivity index (χ0v) is 31.5. The second-order valence-electron chi connectivity index (χ2n) is 14.9. The Morgan fingerprint density at radius 1 is 0.907 bits per heavy atom. The van der Waals surface area contributed by atoms with Crippen LogP contribution in [0.1, 0.15) is 76.9 Å². The predicted molar refractivity (Wildman–Crippen MR) is 191 cm³/mol. The number of hydrogen-bond acceptors (Lipinski definition) is 14. The first-order valence-corrected chi connectivity index (χ1v) is 17.4. The molecule has 0 spiro atoms. The number of aliphatic hydroxyl groups is 5. The van der Waals surface area contributed by atoms with Crippen LogP contribution in [0.3, 0.4) is 0 Å². The molecule has 54 heavy (non-hydrogen) atoms. The summed E-state index contributed by atoms with van der Waals surface area (Å²) in [5.41, 5.74) is -4.31. The number of phenols is 1. The Balaban J connectivity index is 1.80. The van der Waals surface area contributed by atoms with E-state index >= 15 is 0 Å². The van der Waals surface area contributed by atoms with Crippen LogP contribution in [0, 0.1) is 24.7 Å². The molecule has 292 valence electrons. The maximum Gasteiger partial charge on any atom is 0.314 e. The topological polar surface area (TPSA) is 239 Å². The number of allylic oxidation sites excluding steroid dienone is 5. The number of hydrogen-bond donors (Lipinski definition) is 7. The molecule has 9 atom stereocenters. The summed E-state index contributed by atoms with van der Waals surface area (Å²) in [6, 6.07) is 0. The molecule has 6 bridgehead atoms. The van der Waals surface area contributed by atoms with Gasteiger partial charge in [-0.1, -0.05) is 26.0 Å². The molecule has 1 aromatic rings. The zero-order chi connectivity index (χ0) is 40.4. The number of anilines is 1. The molecule has 15 heteroatoms. The number of amides is 1. The number of rotatable bonds is 1. The van der Waals surface area contributed by atoms with Crippen molar-refractivity contribution in [3.8, 4) is 11.5 Å². The normalized spacial score (nSPS) is 33.4. The molecule has 6 heterocycles. The van der Waals surface area contributed by atoms with Gasteiger partial charge in [0.25, 0.3) is 5.91 Å². The summed E-state index contributed by atoms with van der Waals surface area (Å²) in [4.78, 5) is 53.3. The fraction of sp³-hybridized carbons (Fsp3) is 0.487. The van der Waals surface area contributed by atoms with Crippen LogP contribution in [-0.4, -0.2) is 96.7 Å². The molecule has 0 radical (unpaired) electrons. The average molecular weight is 754 g/mol. The van der Waals surface area contributed by atoms with Crippen LogP contribution in [0.15, 0.2) is 52.5 Å². The van der Waals surface area contributed by atoms with Crippen LogP contribution in [0.25, 0.3) is 5.57 Å². The number of phenolic OH excluding ortho intramolecular Hbond substituents is 1. The van der Waals surface area contributed by atoms with Gasteiger partial charge in [-0.25, -0.2) is 0 Å². The minimum atomic E-state index is -2.15. The van der Waals surface area contributed by atoms with Gasteiger partial charge in [-0.2, -0.15) is 0 Å². The highest BCUT2D eigenvalue weighted by atomic mass is 16.7. The SMILES string of the molecule is CC(=O)Oc1c(C)c2c(O)c3c1C1=C(OCOC1=C(C)C3=O)C(C)=CC(C)(O)C(O)C(C)C(O)C1C(=O)OC(C(C)C1O)C(C)(O)C=CC=C(C)C(=O)N2. The van der Waals surface area contributed by atoms with Crippen LogP contribution >= 0.6 is 0 Å². The van der Waals surface area contributed by atoms with Crippen molar-refractivity contribution in [3.05, 3.63) is 69.2 Å². The summed E-state index contributed by atoms with van der Waals surface area (Å²) >= 11 is 0. The van der Waals surface area contributed by atoms with Gasteiger partial charge in [-0.15, -0.1) is 0 Å². The van der Waals surface area contributed by atoms with Crippen molar-refractivity contribution in [1.82, 2.24) is 0 Å². The lowest BCUT2D eigenvalue weighted by Crippen LogP contribution is -2.60. The smallest absolute Gasteiger partial charge is 0.314 e. The van der Waals surface area contributed by atoms with Crippen molar-refractivity contribution in [1.29, 1.82) is 0 Å². The van der Waals surface area contributed by atoms with Crippen molar-refractivity contribution in [2.75, 3.05) is 12.1 Å². The van der Waals surface area contributed by atoms with E-state index in [1.54, 1.807) is 0 Å². The molecule has 9 unspecified atom stereocenters. The quantitative estimate of drug-likeness (QED) is 0.124. The highest BCUT2D eigenvalue weighted by Crippen LogP contribution is 2.53. The van der Waals surface area contributed by atoms with Crippen LogP contribution < -0.4 is 10.1 Å². The number of ketones is 1. The first-order chi connectivity index (χ1) is 25.0. The molecule has 1 saturated heterocycles. The second-order valence-corrected chi connectivity index (χ2v) is 14.9. The van der Waals surface area contributed by atoms with Crippen molar-refractivity contribution in [2.24, 2.45) is 17.8 Å². The number of Topliss-reactive ketones (excluding diaryl/α,β-unsaturated/α-hetero) is 1. The van der Waals surface area contributed by atoms with Gasteiger partial charge in [-0.05, 0) is 59.3 Å². The average Bonchev–Trinajstić information content (AvgIpc) is 3.09. The highest BCUT2D eigenvalue weighted by Gasteiger charge is 2.53. The Bertz CT molecular complexity index is 1960. The maximum atomic E-state index is 13.9. The van der Waals surface area contributed by atoms with E-state index in [1.165, 1.54) is 79.7 Å². The monoisotopic (exact) mass is 753 g/mol. The van der Waals surface area contributed by atoms with E-state index in [1.807, 2.05) is 0 Å². The molecule has 1 aromatic carbocycles. The van der Waals surface area contributed by atoms with E-state index in [2.05, 4.69) is 5.32 Å². The van der Waals surface area contributed by atoms with Gasteiger partial charge in [0, 0.05) is 41.0 Å². The summed E-state index contributed by atoms with van der Waals surface area (Å²) in [5, 5.41) is 71.6. The first kappa shape index (κ1) is 40.4. The van der Waals surface area contributed by atoms with Crippen LogP contribution in [0.5, 0.6) is 11.5 Å². The van der Waals surface area contributed by atoms with Gasteiger partial charge < -0.3 is 54.9 Å². The van der Waals surface area contributed by atoms with Gasteiger partial charge in [-0.3, -0.25) is 19.2 Å². The first-order valence-electron chi connectivity index (χ1n) is 17.4. The predicted octanol–water partition coefficient (Wildman–Crippen LogP) is 2.61. The maximum absolute atomic E-state index is 13.9. The molecule has 8 rings (SSSR count). The van der Waals surface area contributed by atoms with Crippen LogP contribution in [0.2, 0.25) is 0 Å². The number of aromatic hydroxyl groups is 1. The number of carbonyl (C=O) groups is 4. The van der Waals surface area contributed by atoms with E-state index in [9.17, 15) is 49.8 Å². The summed E-state index contributed by atoms with van der Waals surface area (Å²) in [6.45, 7) is 12.1. The standard InChI is InChI=1S/C39H47NO14/c1-15-11-10-12-38(8,49)35-20(6)29(44)25(37(48)54-35)28(43)19(5)34(46)39(9,50)13-16(2)31-24-22-23(27(42)18(4)32(24)52-14-51-31)30(45)26(40-36(15)47)17(3)33(22)53-21(7)41/h10-13,19-20,25,28-29,34-35,43-46,49-50H,14H2,1-9H3,(H,40,47). The molecule has 0 aromatic heterocycles. The van der Waals surface area contributed by atoms with Crippen molar-refractivity contribution in [3.63, 3.8) is 0 Å². The third kappa shape index (κ3) is 6.86. The van der Waals surface area contributed by atoms with Crippen molar-refractivity contribution < 1.29 is 68.8 Å². The van der Waals surface area contributed by atoms with E-state index in [4.69, 9.17) is 18.9 Å². The van der Waals surface area contributed by atoms with E-state index in [0.717, 1.165) is 6.92 Å². The fourth-order valence-corrected chi connectivity index (χ4v) is 7.59. The van der Waals surface area contributed by atoms with Gasteiger partial charge in [0.05, 0.1) is 35.1 Å². The molecule has 7 N–H and O–H groups in total. The minimum Gasteiger partial charge on any atom is -0.505 e. The van der Waals surface area contributed by atoms with Gasteiger partial charge in [0.15, 0.2) is 11.5 Å². The number of aliphatic hydroxyl groups excluding tert-OH is 3. The highest BCUT2D eigenvalue weighted by molar-refractivity contribution is 6.21. The number of nitrogens with one attached hydrogen (secondary N) is 1. The van der Waals surface area contributed by atoms with Crippen molar-refractivity contribution >= 4 is 34.9 Å². The summed E-state index contributed by atoms with van der Waals surface area (Å²) in [6.07, 6.45) is -1.21. The van der Waals surface area contributed by atoms with Gasteiger partial charge in [0.2, 0.25) is 6.79 Å². The Labute approximate surface area is 311 Å². The Morgan fingerprint density at radius 2 is 1.52 bits per heavy atom. The van der Waals surface area contributed by atoms with Crippen LogP contribution in [0.4, 0.5) is 5.69 Å². The number of esters is 2. The fourth-order valence-electron chi connectivity index (χ4n) is 7.59. The molecular formula is C39H47NO14. The molecule has 0 saturated carbocycles. The molecule has 15 nitrogen and oxygen atoms in total. The Hall–Kier alpha value is -4.80. The molecular weight excluding hydrogens is 706 g/mol. The lowest BCUT2D eigenvalue weighted by molar-refractivity contribution is -0.211. The second kappa shape index (κ2) is 14.5. The van der Waals surface area contributed by atoms with Gasteiger partial charge >= 0.3 is 11.9 Å². The molecule has 7 aliphatic rings. The Kier molecular flexibility index (Phi) is 10.8. The van der Waals surface area contributed by atoms with E-state index < -0.39 is 89.5 Å². The minimum absolute atomic E-state index is 0.0103. The summed E-state index contributed by atoms with van der Waals surface area (Å²) in [7, 11) is 0. The third-order valence-corrected chi connectivity index (χ3v) is 10.7. The Morgan fingerprint density at radius 3 is 2.15 bits per heavy atom.